The van der Waals surface area contributed by atoms with Gasteiger partial charge in [-0.25, -0.2) is 17.6 Å². The van der Waals surface area contributed by atoms with Gasteiger partial charge in [0.15, 0.2) is 0 Å². The van der Waals surface area contributed by atoms with Gasteiger partial charge in [-0.3, -0.25) is 0 Å². The number of benzene rings is 2. The molecule has 0 aliphatic rings. The molecule has 5 heteroatoms. The molecule has 0 aliphatic heterocycles. The van der Waals surface area contributed by atoms with E-state index in [1.807, 2.05) is 0 Å². The maximum Gasteiger partial charge on any atom is 0.130 e. The van der Waals surface area contributed by atoms with Gasteiger partial charge in [0.25, 0.3) is 0 Å². The van der Waals surface area contributed by atoms with Gasteiger partial charge in [-0.05, 0) is 24.6 Å². The molecule has 2 aromatic rings. The van der Waals surface area contributed by atoms with E-state index in [2.05, 4.69) is 0 Å². The lowest BCUT2D eigenvalue weighted by Gasteiger charge is -2.12. The summed E-state index contributed by atoms with van der Waals surface area (Å²) in [6, 6.07) is 6.33. The highest BCUT2D eigenvalue weighted by molar-refractivity contribution is 6.20. The Hall–Kier alpha value is -1.55. The van der Waals surface area contributed by atoms with Crippen LogP contribution in [0.25, 0.3) is 0 Å². The summed E-state index contributed by atoms with van der Waals surface area (Å²) in [5, 5.41) is -0.980. The molecule has 0 aromatic heterocycles. The minimum Gasteiger partial charge on any atom is -0.207 e. The third-order valence-electron chi connectivity index (χ3n) is 2.74. The van der Waals surface area contributed by atoms with Gasteiger partial charge in [-0.1, -0.05) is 12.1 Å². The summed E-state index contributed by atoms with van der Waals surface area (Å²) in [6.45, 7) is 0. The molecule has 0 spiro atoms. The lowest BCUT2D eigenvalue weighted by atomic mass is 10.0. The van der Waals surface area contributed by atoms with E-state index in [1.54, 1.807) is 0 Å². The van der Waals surface area contributed by atoms with E-state index in [1.165, 1.54) is 12.1 Å². The lowest BCUT2D eigenvalue weighted by molar-refractivity contribution is 0.544. The second-order valence-electron chi connectivity index (χ2n) is 4.04. The first-order chi connectivity index (χ1) is 8.99. The van der Waals surface area contributed by atoms with Gasteiger partial charge >= 0.3 is 0 Å². The van der Waals surface area contributed by atoms with Crippen molar-refractivity contribution in [2.24, 2.45) is 0 Å². The number of hydrogen-bond acceptors (Lipinski definition) is 0. The summed E-state index contributed by atoms with van der Waals surface area (Å²) >= 11 is 5.95. The van der Waals surface area contributed by atoms with Crippen LogP contribution >= 0.6 is 11.6 Å². The van der Waals surface area contributed by atoms with E-state index in [9.17, 15) is 17.6 Å². The van der Waals surface area contributed by atoms with Crippen LogP contribution in [0.15, 0.2) is 36.4 Å². The molecule has 0 N–H and O–H groups in total. The van der Waals surface area contributed by atoms with E-state index in [4.69, 9.17) is 11.6 Å². The first-order valence-corrected chi connectivity index (χ1v) is 5.94. The predicted octanol–water partition coefficient (Wildman–Crippen LogP) is 4.77. The molecule has 1 unspecified atom stereocenters. The largest absolute Gasteiger partial charge is 0.207 e. The van der Waals surface area contributed by atoms with Gasteiger partial charge in [0.2, 0.25) is 0 Å². The van der Waals surface area contributed by atoms with Crippen molar-refractivity contribution in [1.82, 2.24) is 0 Å². The molecule has 19 heavy (non-hydrogen) atoms. The van der Waals surface area contributed by atoms with Crippen LogP contribution in [0.1, 0.15) is 16.5 Å². The topological polar surface area (TPSA) is 0 Å². The second-order valence-corrected chi connectivity index (χ2v) is 4.56. The SMILES string of the molecule is Fc1ccc(C(Cl)Cc2c(F)cccc2F)c(F)c1. The molecule has 0 nitrogen and oxygen atoms in total. The molecular weight excluding hydrogens is 280 g/mol. The molecular formula is C14H9ClF4. The van der Waals surface area contributed by atoms with Gasteiger partial charge in [0.05, 0.1) is 5.38 Å². The number of rotatable bonds is 3. The van der Waals surface area contributed by atoms with Gasteiger partial charge in [0.1, 0.15) is 23.3 Å². The minimum atomic E-state index is -0.980. The summed E-state index contributed by atoms with van der Waals surface area (Å²) in [4.78, 5) is 0. The molecule has 0 saturated heterocycles. The van der Waals surface area contributed by atoms with Gasteiger partial charge < -0.3 is 0 Å². The molecule has 0 radical (unpaired) electrons. The molecule has 0 aliphatic carbocycles. The molecule has 0 heterocycles. The third-order valence-corrected chi connectivity index (χ3v) is 3.13. The van der Waals surface area contributed by atoms with E-state index in [-0.39, 0.29) is 17.5 Å². The van der Waals surface area contributed by atoms with Crippen molar-refractivity contribution >= 4 is 11.6 Å². The van der Waals surface area contributed by atoms with Crippen molar-refractivity contribution in [2.45, 2.75) is 11.8 Å². The Morgan fingerprint density at radius 3 is 2.11 bits per heavy atom. The monoisotopic (exact) mass is 288 g/mol. The van der Waals surface area contributed by atoms with Crippen LogP contribution in [0.2, 0.25) is 0 Å². The first-order valence-electron chi connectivity index (χ1n) is 5.51. The Morgan fingerprint density at radius 2 is 1.53 bits per heavy atom. The quantitative estimate of drug-likeness (QED) is 0.564. The van der Waals surface area contributed by atoms with Crippen molar-refractivity contribution in [2.75, 3.05) is 0 Å². The molecule has 0 saturated carbocycles. The van der Waals surface area contributed by atoms with Crippen molar-refractivity contribution in [3.63, 3.8) is 0 Å². The van der Waals surface area contributed by atoms with Crippen molar-refractivity contribution in [1.29, 1.82) is 0 Å². The van der Waals surface area contributed by atoms with Crippen LogP contribution in [0.5, 0.6) is 0 Å². The number of halogens is 5. The lowest BCUT2D eigenvalue weighted by Crippen LogP contribution is -2.03. The standard InChI is InChI=1S/C14H9ClF4/c15-11(9-5-4-8(16)6-14(9)19)7-10-12(17)2-1-3-13(10)18/h1-6,11H,7H2. The molecule has 1 atom stereocenters. The summed E-state index contributed by atoms with van der Waals surface area (Å²) in [6.07, 6.45) is -0.220. The number of alkyl halides is 1. The molecule has 0 amide bonds. The van der Waals surface area contributed by atoms with Gasteiger partial charge in [-0.15, -0.1) is 11.6 Å². The van der Waals surface area contributed by atoms with Gasteiger partial charge in [-0.2, -0.15) is 0 Å². The van der Waals surface area contributed by atoms with Crippen LogP contribution in [-0.4, -0.2) is 0 Å². The van der Waals surface area contributed by atoms with Crippen molar-refractivity contribution in [3.05, 3.63) is 70.8 Å². The van der Waals surface area contributed by atoms with Crippen LogP contribution in [0.4, 0.5) is 17.6 Å². The summed E-state index contributed by atoms with van der Waals surface area (Å²) in [5.74, 6) is -3.06. The Bertz CT molecular complexity index is 578. The average molecular weight is 289 g/mol. The van der Waals surface area contributed by atoms with E-state index in [0.717, 1.165) is 18.2 Å². The molecule has 100 valence electrons. The highest BCUT2D eigenvalue weighted by Crippen LogP contribution is 2.29. The Kier molecular flexibility index (Phi) is 4.10. The van der Waals surface area contributed by atoms with Crippen LogP contribution in [0.3, 0.4) is 0 Å². The number of hydrogen-bond donors (Lipinski definition) is 0. The maximum atomic E-state index is 13.5. The van der Waals surface area contributed by atoms with E-state index < -0.39 is 28.6 Å². The smallest absolute Gasteiger partial charge is 0.130 e. The summed E-state index contributed by atoms with van der Waals surface area (Å²) in [7, 11) is 0. The highest BCUT2D eigenvalue weighted by Gasteiger charge is 2.18. The summed E-state index contributed by atoms with van der Waals surface area (Å²) in [5.41, 5.74) is -0.211. The predicted molar refractivity (Wildman–Crippen MR) is 65.0 cm³/mol. The van der Waals surface area contributed by atoms with Crippen LogP contribution in [-0.2, 0) is 6.42 Å². The Balaban J connectivity index is 2.28. The molecule has 0 fully saturated rings. The average Bonchev–Trinajstić information content (AvgIpc) is 2.33. The zero-order chi connectivity index (χ0) is 14.0. The van der Waals surface area contributed by atoms with Crippen LogP contribution in [0, 0.1) is 23.3 Å². The molecule has 2 rings (SSSR count). The molecule has 0 bridgehead atoms. The zero-order valence-electron chi connectivity index (χ0n) is 9.64. The van der Waals surface area contributed by atoms with E-state index >= 15 is 0 Å². The second kappa shape index (κ2) is 5.61. The maximum absolute atomic E-state index is 13.5. The fourth-order valence-corrected chi connectivity index (χ4v) is 2.10. The third kappa shape index (κ3) is 3.07. The van der Waals surface area contributed by atoms with Crippen molar-refractivity contribution < 1.29 is 17.6 Å². The first kappa shape index (κ1) is 13.9. The Labute approximate surface area is 112 Å². The molecule has 2 aromatic carbocycles. The highest BCUT2D eigenvalue weighted by atomic mass is 35.5. The van der Waals surface area contributed by atoms with E-state index in [0.29, 0.717) is 6.07 Å². The summed E-state index contributed by atoms with van der Waals surface area (Å²) < 4.78 is 53.1. The normalized spacial score (nSPS) is 12.5. The van der Waals surface area contributed by atoms with Gasteiger partial charge in [0, 0.05) is 17.2 Å². The van der Waals surface area contributed by atoms with Crippen molar-refractivity contribution in [3.8, 4) is 0 Å². The minimum absolute atomic E-state index is 0.00530. The zero-order valence-corrected chi connectivity index (χ0v) is 10.4. The van der Waals surface area contributed by atoms with Crippen LogP contribution < -0.4 is 0 Å². The fourth-order valence-electron chi connectivity index (χ4n) is 1.77. The fraction of sp³-hybridized carbons (Fsp3) is 0.143. The Morgan fingerprint density at radius 1 is 0.895 bits per heavy atom.